The van der Waals surface area contributed by atoms with Gasteiger partial charge in [0.05, 0.1) is 12.0 Å². The highest BCUT2D eigenvalue weighted by Crippen LogP contribution is 2.33. The molecule has 5 heteroatoms. The van der Waals surface area contributed by atoms with Gasteiger partial charge in [0.15, 0.2) is 0 Å². The number of amides is 2. The van der Waals surface area contributed by atoms with Crippen molar-refractivity contribution in [3.8, 4) is 0 Å². The van der Waals surface area contributed by atoms with Crippen molar-refractivity contribution in [2.45, 2.75) is 45.6 Å². The van der Waals surface area contributed by atoms with Crippen LogP contribution in [0.2, 0.25) is 0 Å². The number of carbonyl (C=O) groups is 2. The van der Waals surface area contributed by atoms with Gasteiger partial charge in [-0.25, -0.2) is 4.39 Å². The van der Waals surface area contributed by atoms with Gasteiger partial charge in [0, 0.05) is 25.6 Å². The smallest absolute Gasteiger partial charge is 0.227 e. The number of benzene rings is 1. The first-order chi connectivity index (χ1) is 12.0. The summed E-state index contributed by atoms with van der Waals surface area (Å²) in [5.74, 6) is 0.139. The molecule has 2 amide bonds. The number of likely N-dealkylation sites (tertiary alicyclic amines) is 1. The highest BCUT2D eigenvalue weighted by atomic mass is 19.1. The Morgan fingerprint density at radius 3 is 2.48 bits per heavy atom. The quantitative estimate of drug-likeness (QED) is 0.820. The predicted molar refractivity (Wildman–Crippen MR) is 94.2 cm³/mol. The molecular formula is C20H27FN2O2. The molecule has 1 aliphatic heterocycles. The molecule has 2 atom stereocenters. The van der Waals surface area contributed by atoms with Crippen LogP contribution in [0.15, 0.2) is 24.3 Å². The highest BCUT2D eigenvalue weighted by molar-refractivity contribution is 5.83. The topological polar surface area (TPSA) is 40.6 Å². The standard InChI is InChI=1S/C20H27FN2O2/c1-3-23(14(2)15-8-10-18(21)11-9-15)20(25)17-5-4-12-22(13-17)19(24)16-6-7-16/h8-11,14,16-17H,3-7,12-13H2,1-2H3/t14-,17+/m1/s1. The summed E-state index contributed by atoms with van der Waals surface area (Å²) >= 11 is 0. The molecule has 1 saturated carbocycles. The molecule has 2 aliphatic rings. The minimum Gasteiger partial charge on any atom is -0.342 e. The summed E-state index contributed by atoms with van der Waals surface area (Å²) < 4.78 is 13.2. The number of hydrogen-bond acceptors (Lipinski definition) is 2. The zero-order chi connectivity index (χ0) is 18.0. The van der Waals surface area contributed by atoms with Crippen molar-refractivity contribution >= 4 is 11.8 Å². The molecule has 25 heavy (non-hydrogen) atoms. The number of hydrogen-bond donors (Lipinski definition) is 0. The summed E-state index contributed by atoms with van der Waals surface area (Å²) in [4.78, 5) is 29.1. The maximum atomic E-state index is 13.2. The lowest BCUT2D eigenvalue weighted by molar-refractivity contribution is -0.142. The van der Waals surface area contributed by atoms with E-state index in [1.54, 1.807) is 12.1 Å². The van der Waals surface area contributed by atoms with E-state index in [1.807, 2.05) is 23.6 Å². The first-order valence-corrected chi connectivity index (χ1v) is 9.36. The van der Waals surface area contributed by atoms with Crippen molar-refractivity contribution < 1.29 is 14.0 Å². The minimum atomic E-state index is -0.271. The highest BCUT2D eigenvalue weighted by Gasteiger charge is 2.38. The van der Waals surface area contributed by atoms with Gasteiger partial charge in [0.25, 0.3) is 0 Å². The second-order valence-electron chi connectivity index (χ2n) is 7.25. The fourth-order valence-corrected chi connectivity index (χ4v) is 3.74. The minimum absolute atomic E-state index is 0.104. The van der Waals surface area contributed by atoms with E-state index in [4.69, 9.17) is 0 Å². The van der Waals surface area contributed by atoms with Crippen LogP contribution in [0.3, 0.4) is 0 Å². The summed E-state index contributed by atoms with van der Waals surface area (Å²) in [6, 6.07) is 6.23. The van der Waals surface area contributed by atoms with Gasteiger partial charge in [-0.15, -0.1) is 0 Å². The van der Waals surface area contributed by atoms with Crippen LogP contribution in [-0.2, 0) is 9.59 Å². The number of nitrogens with zero attached hydrogens (tertiary/aromatic N) is 2. The maximum absolute atomic E-state index is 13.2. The lowest BCUT2D eigenvalue weighted by atomic mass is 9.94. The summed E-state index contributed by atoms with van der Waals surface area (Å²) in [7, 11) is 0. The maximum Gasteiger partial charge on any atom is 0.227 e. The van der Waals surface area contributed by atoms with Crippen LogP contribution in [0.1, 0.15) is 51.1 Å². The van der Waals surface area contributed by atoms with E-state index in [-0.39, 0.29) is 35.5 Å². The zero-order valence-electron chi connectivity index (χ0n) is 15.1. The molecule has 0 aromatic heterocycles. The van der Waals surface area contributed by atoms with E-state index in [9.17, 15) is 14.0 Å². The molecule has 1 heterocycles. The van der Waals surface area contributed by atoms with Gasteiger partial charge in [-0.3, -0.25) is 9.59 Å². The summed E-state index contributed by atoms with van der Waals surface area (Å²) in [6.07, 6.45) is 3.71. The third-order valence-electron chi connectivity index (χ3n) is 5.45. The Morgan fingerprint density at radius 1 is 1.20 bits per heavy atom. The third kappa shape index (κ3) is 4.02. The van der Waals surface area contributed by atoms with E-state index in [0.717, 1.165) is 37.8 Å². The van der Waals surface area contributed by atoms with Gasteiger partial charge in [-0.1, -0.05) is 12.1 Å². The Labute approximate surface area is 149 Å². The van der Waals surface area contributed by atoms with Crippen LogP contribution in [0.4, 0.5) is 4.39 Å². The molecule has 0 bridgehead atoms. The van der Waals surface area contributed by atoms with Gasteiger partial charge in [0.2, 0.25) is 11.8 Å². The second-order valence-corrected chi connectivity index (χ2v) is 7.25. The Hall–Kier alpha value is -1.91. The zero-order valence-corrected chi connectivity index (χ0v) is 15.1. The molecule has 0 N–H and O–H groups in total. The van der Waals surface area contributed by atoms with Crippen LogP contribution in [-0.4, -0.2) is 41.2 Å². The van der Waals surface area contributed by atoms with Crippen LogP contribution < -0.4 is 0 Å². The molecule has 0 unspecified atom stereocenters. The monoisotopic (exact) mass is 346 g/mol. The number of rotatable bonds is 5. The van der Waals surface area contributed by atoms with Gasteiger partial charge in [-0.2, -0.15) is 0 Å². The van der Waals surface area contributed by atoms with E-state index in [2.05, 4.69) is 0 Å². The summed E-state index contributed by atoms with van der Waals surface area (Å²) in [5, 5.41) is 0. The summed E-state index contributed by atoms with van der Waals surface area (Å²) in [5.41, 5.74) is 0.929. The Morgan fingerprint density at radius 2 is 1.88 bits per heavy atom. The van der Waals surface area contributed by atoms with Crippen molar-refractivity contribution in [2.24, 2.45) is 11.8 Å². The molecule has 2 fully saturated rings. The van der Waals surface area contributed by atoms with Gasteiger partial charge in [-0.05, 0) is 57.2 Å². The van der Waals surface area contributed by atoms with Gasteiger partial charge < -0.3 is 9.80 Å². The van der Waals surface area contributed by atoms with Gasteiger partial charge in [0.1, 0.15) is 5.82 Å². The largest absolute Gasteiger partial charge is 0.342 e. The van der Waals surface area contributed by atoms with E-state index in [0.29, 0.717) is 13.1 Å². The molecular weight excluding hydrogens is 319 g/mol. The molecule has 3 rings (SSSR count). The van der Waals surface area contributed by atoms with Gasteiger partial charge >= 0.3 is 0 Å². The fourth-order valence-electron chi connectivity index (χ4n) is 3.74. The van der Waals surface area contributed by atoms with Crippen molar-refractivity contribution in [3.63, 3.8) is 0 Å². The molecule has 0 spiro atoms. The second kappa shape index (κ2) is 7.54. The van der Waals surface area contributed by atoms with E-state index < -0.39 is 0 Å². The first-order valence-electron chi connectivity index (χ1n) is 9.36. The van der Waals surface area contributed by atoms with E-state index >= 15 is 0 Å². The first kappa shape index (κ1) is 17.9. The molecule has 1 aromatic rings. The molecule has 1 aromatic carbocycles. The lowest BCUT2D eigenvalue weighted by Crippen LogP contribution is -2.47. The number of halogens is 1. The Balaban J connectivity index is 1.68. The average molecular weight is 346 g/mol. The number of carbonyl (C=O) groups excluding carboxylic acids is 2. The van der Waals surface area contributed by atoms with Crippen molar-refractivity contribution in [1.29, 1.82) is 0 Å². The predicted octanol–water partition coefficient (Wildman–Crippen LogP) is 3.38. The van der Waals surface area contributed by atoms with Crippen molar-refractivity contribution in [3.05, 3.63) is 35.6 Å². The van der Waals surface area contributed by atoms with Crippen LogP contribution in [0.5, 0.6) is 0 Å². The van der Waals surface area contributed by atoms with Crippen molar-refractivity contribution in [1.82, 2.24) is 9.80 Å². The molecule has 1 aliphatic carbocycles. The third-order valence-corrected chi connectivity index (χ3v) is 5.45. The fraction of sp³-hybridized carbons (Fsp3) is 0.600. The molecule has 136 valence electrons. The Bertz CT molecular complexity index is 627. The van der Waals surface area contributed by atoms with E-state index in [1.165, 1.54) is 12.1 Å². The molecule has 0 radical (unpaired) electrons. The average Bonchev–Trinajstić information content (AvgIpc) is 3.47. The van der Waals surface area contributed by atoms with Crippen molar-refractivity contribution in [2.75, 3.05) is 19.6 Å². The molecule has 4 nitrogen and oxygen atoms in total. The Kier molecular flexibility index (Phi) is 5.40. The van der Waals surface area contributed by atoms with Crippen LogP contribution in [0.25, 0.3) is 0 Å². The van der Waals surface area contributed by atoms with Crippen LogP contribution >= 0.6 is 0 Å². The molecule has 1 saturated heterocycles. The summed E-state index contributed by atoms with van der Waals surface area (Å²) in [6.45, 7) is 5.86. The normalized spacial score (nSPS) is 21.7. The SMILES string of the molecule is CCN(C(=O)[C@H]1CCCN(C(=O)C2CC2)C1)[C@H](C)c1ccc(F)cc1. The lowest BCUT2D eigenvalue weighted by Gasteiger charge is -2.37. The van der Waals surface area contributed by atoms with Crippen LogP contribution in [0, 0.1) is 17.7 Å². The number of piperidine rings is 1.